The molecule has 6 nitrogen and oxygen atoms in total. The zero-order valence-electron chi connectivity index (χ0n) is 8.84. The first kappa shape index (κ1) is 10.7. The van der Waals surface area contributed by atoms with Crippen molar-refractivity contribution in [1.29, 1.82) is 0 Å². The standard InChI is InChI=1S/C9H10N4O2S/c1-3-13-7(10-4-11-13)6-5(2)12-8(16-6)9(14)15/h4H,3H2,1-2H3,(H,14,15). The molecule has 0 saturated heterocycles. The zero-order valence-corrected chi connectivity index (χ0v) is 9.65. The van der Waals surface area contributed by atoms with Gasteiger partial charge in [0.25, 0.3) is 0 Å². The minimum absolute atomic E-state index is 0.0816. The molecule has 84 valence electrons. The van der Waals surface area contributed by atoms with Gasteiger partial charge in [-0.05, 0) is 13.8 Å². The number of nitrogens with zero attached hydrogens (tertiary/aromatic N) is 4. The molecule has 2 aromatic rings. The summed E-state index contributed by atoms with van der Waals surface area (Å²) in [5.41, 5.74) is 0.671. The number of hydrogen-bond donors (Lipinski definition) is 1. The summed E-state index contributed by atoms with van der Waals surface area (Å²) in [4.78, 5) is 19.7. The van der Waals surface area contributed by atoms with Gasteiger partial charge in [0.2, 0.25) is 5.01 Å². The van der Waals surface area contributed by atoms with E-state index in [1.54, 1.807) is 11.6 Å². The number of aryl methyl sites for hydroxylation is 2. The fraction of sp³-hybridized carbons (Fsp3) is 0.333. The Kier molecular flexibility index (Phi) is 2.69. The van der Waals surface area contributed by atoms with Crippen LogP contribution in [0.5, 0.6) is 0 Å². The van der Waals surface area contributed by atoms with Crippen LogP contribution in [-0.2, 0) is 6.54 Å². The smallest absolute Gasteiger partial charge is 0.365 e. The van der Waals surface area contributed by atoms with Gasteiger partial charge in [-0.1, -0.05) is 0 Å². The third kappa shape index (κ3) is 1.69. The first-order valence-electron chi connectivity index (χ1n) is 4.72. The van der Waals surface area contributed by atoms with Gasteiger partial charge in [0.1, 0.15) is 6.33 Å². The monoisotopic (exact) mass is 238 g/mol. The van der Waals surface area contributed by atoms with Crippen LogP contribution < -0.4 is 0 Å². The molecule has 0 aliphatic rings. The Morgan fingerprint density at radius 2 is 2.38 bits per heavy atom. The highest BCUT2D eigenvalue weighted by Crippen LogP contribution is 2.28. The van der Waals surface area contributed by atoms with Gasteiger partial charge >= 0.3 is 5.97 Å². The van der Waals surface area contributed by atoms with E-state index in [0.717, 1.165) is 16.2 Å². The highest BCUT2D eigenvalue weighted by atomic mass is 32.1. The van der Waals surface area contributed by atoms with Crippen LogP contribution in [-0.4, -0.2) is 30.8 Å². The van der Waals surface area contributed by atoms with Crippen molar-refractivity contribution in [3.63, 3.8) is 0 Å². The molecule has 0 saturated carbocycles. The predicted octanol–water partition coefficient (Wildman–Crippen LogP) is 1.43. The number of hydrogen-bond acceptors (Lipinski definition) is 5. The normalized spacial score (nSPS) is 10.6. The van der Waals surface area contributed by atoms with E-state index in [2.05, 4.69) is 15.1 Å². The summed E-state index contributed by atoms with van der Waals surface area (Å²) in [5.74, 6) is -0.341. The Morgan fingerprint density at radius 3 is 2.94 bits per heavy atom. The van der Waals surface area contributed by atoms with E-state index < -0.39 is 5.97 Å². The number of carbonyl (C=O) groups is 1. The average Bonchev–Trinajstić information content (AvgIpc) is 2.82. The van der Waals surface area contributed by atoms with Crippen LogP contribution in [0.25, 0.3) is 10.7 Å². The van der Waals surface area contributed by atoms with Gasteiger partial charge in [0, 0.05) is 6.54 Å². The Balaban J connectivity index is 2.52. The Hall–Kier alpha value is -1.76. The zero-order chi connectivity index (χ0) is 11.7. The van der Waals surface area contributed by atoms with Crippen molar-refractivity contribution in [3.8, 4) is 10.7 Å². The molecule has 0 spiro atoms. The van der Waals surface area contributed by atoms with Gasteiger partial charge < -0.3 is 5.11 Å². The van der Waals surface area contributed by atoms with Crippen LogP contribution in [0.2, 0.25) is 0 Å². The quantitative estimate of drug-likeness (QED) is 0.874. The van der Waals surface area contributed by atoms with Crippen molar-refractivity contribution < 1.29 is 9.90 Å². The Bertz CT molecular complexity index is 531. The van der Waals surface area contributed by atoms with Gasteiger partial charge in [0.05, 0.1) is 10.6 Å². The maximum atomic E-state index is 10.8. The van der Waals surface area contributed by atoms with E-state index in [4.69, 9.17) is 5.11 Å². The second kappa shape index (κ2) is 4.01. The molecule has 0 aromatic carbocycles. The first-order chi connectivity index (χ1) is 7.63. The molecule has 0 bridgehead atoms. The van der Waals surface area contributed by atoms with Gasteiger partial charge in [0.15, 0.2) is 5.82 Å². The molecule has 0 aliphatic heterocycles. The third-order valence-electron chi connectivity index (χ3n) is 2.10. The van der Waals surface area contributed by atoms with Gasteiger partial charge in [-0.15, -0.1) is 11.3 Å². The van der Waals surface area contributed by atoms with Crippen molar-refractivity contribution in [2.24, 2.45) is 0 Å². The number of aromatic nitrogens is 4. The largest absolute Gasteiger partial charge is 0.476 e. The van der Waals surface area contributed by atoms with Crippen molar-refractivity contribution in [1.82, 2.24) is 19.7 Å². The summed E-state index contributed by atoms with van der Waals surface area (Å²) < 4.78 is 1.71. The maximum Gasteiger partial charge on any atom is 0.365 e. The summed E-state index contributed by atoms with van der Waals surface area (Å²) in [6.07, 6.45) is 1.46. The average molecular weight is 238 g/mol. The molecule has 0 radical (unpaired) electrons. The van der Waals surface area contributed by atoms with E-state index >= 15 is 0 Å². The van der Waals surface area contributed by atoms with Crippen molar-refractivity contribution in [3.05, 3.63) is 17.0 Å². The molecule has 1 N–H and O–H groups in total. The predicted molar refractivity (Wildman–Crippen MR) is 58.5 cm³/mol. The Morgan fingerprint density at radius 1 is 1.62 bits per heavy atom. The van der Waals surface area contributed by atoms with E-state index in [1.165, 1.54) is 6.33 Å². The lowest BCUT2D eigenvalue weighted by molar-refractivity contribution is 0.0696. The molecule has 0 atom stereocenters. The molecule has 0 amide bonds. The van der Waals surface area contributed by atoms with Crippen molar-refractivity contribution >= 4 is 17.3 Å². The summed E-state index contributed by atoms with van der Waals surface area (Å²) in [5, 5.41) is 13.0. The molecule has 0 aliphatic carbocycles. The second-order valence-corrected chi connectivity index (χ2v) is 4.14. The van der Waals surface area contributed by atoms with E-state index in [-0.39, 0.29) is 5.01 Å². The lowest BCUT2D eigenvalue weighted by atomic mass is 10.4. The van der Waals surface area contributed by atoms with Gasteiger partial charge in [-0.3, -0.25) is 0 Å². The molecular formula is C9H10N4O2S. The topological polar surface area (TPSA) is 80.9 Å². The molecule has 2 rings (SSSR count). The SMILES string of the molecule is CCn1ncnc1-c1sc(C(=O)O)nc1C. The highest BCUT2D eigenvalue weighted by molar-refractivity contribution is 7.17. The fourth-order valence-electron chi connectivity index (χ4n) is 1.37. The summed E-state index contributed by atoms with van der Waals surface area (Å²) in [6, 6.07) is 0. The van der Waals surface area contributed by atoms with Crippen LogP contribution in [0, 0.1) is 6.92 Å². The molecule has 2 aromatic heterocycles. The van der Waals surface area contributed by atoms with Gasteiger partial charge in [-0.2, -0.15) is 5.10 Å². The minimum Gasteiger partial charge on any atom is -0.476 e. The molecule has 0 unspecified atom stereocenters. The lowest BCUT2D eigenvalue weighted by Crippen LogP contribution is -1.99. The van der Waals surface area contributed by atoms with Crippen LogP contribution in [0.3, 0.4) is 0 Å². The van der Waals surface area contributed by atoms with Gasteiger partial charge in [-0.25, -0.2) is 19.4 Å². The number of rotatable bonds is 3. The third-order valence-corrected chi connectivity index (χ3v) is 3.24. The van der Waals surface area contributed by atoms with E-state index in [9.17, 15) is 4.79 Å². The maximum absolute atomic E-state index is 10.8. The van der Waals surface area contributed by atoms with E-state index in [0.29, 0.717) is 18.1 Å². The number of thiazole rings is 1. The molecule has 2 heterocycles. The van der Waals surface area contributed by atoms with Crippen LogP contribution in [0.1, 0.15) is 22.4 Å². The fourth-order valence-corrected chi connectivity index (χ4v) is 2.27. The minimum atomic E-state index is -1.01. The molecule has 7 heteroatoms. The molecular weight excluding hydrogens is 228 g/mol. The second-order valence-electron chi connectivity index (χ2n) is 3.14. The van der Waals surface area contributed by atoms with Crippen LogP contribution in [0.4, 0.5) is 0 Å². The summed E-state index contributed by atoms with van der Waals surface area (Å²) in [6.45, 7) is 4.41. The summed E-state index contributed by atoms with van der Waals surface area (Å²) in [7, 11) is 0. The van der Waals surface area contributed by atoms with Crippen molar-refractivity contribution in [2.45, 2.75) is 20.4 Å². The van der Waals surface area contributed by atoms with Crippen LogP contribution in [0.15, 0.2) is 6.33 Å². The number of carboxylic acid groups (broad SMARTS) is 1. The Labute approximate surface area is 95.6 Å². The highest BCUT2D eigenvalue weighted by Gasteiger charge is 2.17. The summed E-state index contributed by atoms with van der Waals surface area (Å²) >= 11 is 1.12. The van der Waals surface area contributed by atoms with Crippen LogP contribution >= 0.6 is 11.3 Å². The molecule has 0 fully saturated rings. The number of carboxylic acids is 1. The number of aromatic carboxylic acids is 1. The lowest BCUT2D eigenvalue weighted by Gasteiger charge is -1.99. The molecule has 16 heavy (non-hydrogen) atoms. The van der Waals surface area contributed by atoms with E-state index in [1.807, 2.05) is 6.92 Å². The first-order valence-corrected chi connectivity index (χ1v) is 5.54. The van der Waals surface area contributed by atoms with Crippen molar-refractivity contribution in [2.75, 3.05) is 0 Å².